The van der Waals surface area contributed by atoms with E-state index in [1.807, 2.05) is 0 Å². The van der Waals surface area contributed by atoms with Gasteiger partial charge in [0.15, 0.2) is 5.13 Å². The highest BCUT2D eigenvalue weighted by atomic mass is 32.1. The summed E-state index contributed by atoms with van der Waals surface area (Å²) in [5.74, 6) is 0.645. The Hall–Kier alpha value is -0.610. The van der Waals surface area contributed by atoms with Gasteiger partial charge in [0.2, 0.25) is 0 Å². The predicted octanol–water partition coefficient (Wildman–Crippen LogP) is 2.31. The van der Waals surface area contributed by atoms with Gasteiger partial charge in [-0.3, -0.25) is 0 Å². The monoisotopic (exact) mass is 225 g/mol. The first-order valence-corrected chi connectivity index (χ1v) is 6.61. The fourth-order valence-corrected chi connectivity index (χ4v) is 2.90. The molecule has 1 saturated heterocycles. The van der Waals surface area contributed by atoms with Crippen molar-refractivity contribution in [2.24, 2.45) is 0 Å². The molecular formula is C11H19N3S. The molecule has 84 valence electrons. The van der Waals surface area contributed by atoms with Crippen LogP contribution in [0.5, 0.6) is 0 Å². The van der Waals surface area contributed by atoms with Crippen LogP contribution < -0.4 is 5.73 Å². The van der Waals surface area contributed by atoms with E-state index in [0.29, 0.717) is 11.0 Å². The molecule has 0 saturated carbocycles. The lowest BCUT2D eigenvalue weighted by Crippen LogP contribution is -2.33. The first kappa shape index (κ1) is 10.9. The number of anilines is 1. The molecule has 0 bridgehead atoms. The molecule has 1 aliphatic rings. The molecule has 3 nitrogen and oxygen atoms in total. The Kier molecular flexibility index (Phi) is 3.59. The molecule has 0 atom stereocenters. The van der Waals surface area contributed by atoms with E-state index < -0.39 is 0 Å². The van der Waals surface area contributed by atoms with E-state index in [1.54, 1.807) is 11.3 Å². The molecule has 1 fully saturated rings. The molecule has 0 aliphatic carbocycles. The van der Waals surface area contributed by atoms with Crippen LogP contribution in [0.1, 0.15) is 37.8 Å². The van der Waals surface area contributed by atoms with Crippen LogP contribution in [0.25, 0.3) is 0 Å². The van der Waals surface area contributed by atoms with Gasteiger partial charge in [0.05, 0.1) is 5.69 Å². The zero-order chi connectivity index (χ0) is 10.7. The zero-order valence-electron chi connectivity index (χ0n) is 9.28. The number of hydrogen-bond donors (Lipinski definition) is 1. The molecule has 4 heteroatoms. The summed E-state index contributed by atoms with van der Waals surface area (Å²) in [6, 6.07) is 0. The van der Waals surface area contributed by atoms with Gasteiger partial charge in [-0.25, -0.2) is 4.98 Å². The lowest BCUT2D eigenvalue weighted by atomic mass is 9.94. The number of nitrogens with two attached hydrogens (primary N) is 1. The molecule has 2 rings (SSSR count). The minimum Gasteiger partial charge on any atom is -0.375 e. The molecule has 1 aliphatic heterocycles. The van der Waals surface area contributed by atoms with Gasteiger partial charge in [-0.05, 0) is 38.9 Å². The van der Waals surface area contributed by atoms with Crippen molar-refractivity contribution in [1.82, 2.24) is 9.88 Å². The Morgan fingerprint density at radius 1 is 1.53 bits per heavy atom. The summed E-state index contributed by atoms with van der Waals surface area (Å²) in [5, 5.41) is 2.83. The van der Waals surface area contributed by atoms with Gasteiger partial charge in [0.1, 0.15) is 0 Å². The van der Waals surface area contributed by atoms with E-state index in [1.165, 1.54) is 44.6 Å². The number of likely N-dealkylation sites (tertiary alicyclic amines) is 1. The van der Waals surface area contributed by atoms with Crippen molar-refractivity contribution in [3.8, 4) is 0 Å². The topological polar surface area (TPSA) is 42.1 Å². The fraction of sp³-hybridized carbons (Fsp3) is 0.727. The molecule has 0 spiro atoms. The summed E-state index contributed by atoms with van der Waals surface area (Å²) >= 11 is 1.56. The predicted molar refractivity (Wildman–Crippen MR) is 65.2 cm³/mol. The number of hydrogen-bond acceptors (Lipinski definition) is 4. The lowest BCUT2D eigenvalue weighted by Gasteiger charge is -2.30. The summed E-state index contributed by atoms with van der Waals surface area (Å²) in [7, 11) is 0. The van der Waals surface area contributed by atoms with Crippen molar-refractivity contribution in [1.29, 1.82) is 0 Å². The molecular weight excluding hydrogens is 206 g/mol. The number of aromatic nitrogens is 1. The number of rotatable bonds is 3. The third-order valence-corrected chi connectivity index (χ3v) is 3.78. The maximum Gasteiger partial charge on any atom is 0.180 e. The third-order valence-electron chi connectivity index (χ3n) is 3.09. The van der Waals surface area contributed by atoms with Gasteiger partial charge in [0.25, 0.3) is 0 Å². The largest absolute Gasteiger partial charge is 0.375 e. The van der Waals surface area contributed by atoms with E-state index >= 15 is 0 Å². The molecule has 0 amide bonds. The summed E-state index contributed by atoms with van der Waals surface area (Å²) in [4.78, 5) is 6.93. The average Bonchev–Trinajstić information content (AvgIpc) is 2.67. The molecule has 0 aromatic carbocycles. The third kappa shape index (κ3) is 2.69. The fourth-order valence-electron chi connectivity index (χ4n) is 2.26. The van der Waals surface area contributed by atoms with Gasteiger partial charge in [-0.1, -0.05) is 6.92 Å². The normalized spacial score (nSPS) is 19.5. The Morgan fingerprint density at radius 3 is 2.80 bits per heavy atom. The highest BCUT2D eigenvalue weighted by Crippen LogP contribution is 2.29. The Bertz CT molecular complexity index is 303. The minimum atomic E-state index is 0.645. The van der Waals surface area contributed by atoms with Crippen LogP contribution in [0, 0.1) is 0 Å². The summed E-state index contributed by atoms with van der Waals surface area (Å²) < 4.78 is 0. The van der Waals surface area contributed by atoms with Crippen LogP contribution in [0.4, 0.5) is 5.13 Å². The van der Waals surface area contributed by atoms with Gasteiger partial charge in [-0.15, -0.1) is 11.3 Å². The molecule has 0 unspecified atom stereocenters. The number of piperidine rings is 1. The maximum atomic E-state index is 5.66. The average molecular weight is 225 g/mol. The van der Waals surface area contributed by atoms with Crippen LogP contribution in [0.3, 0.4) is 0 Å². The van der Waals surface area contributed by atoms with Crippen molar-refractivity contribution in [2.75, 3.05) is 25.4 Å². The van der Waals surface area contributed by atoms with E-state index in [2.05, 4.69) is 22.2 Å². The highest BCUT2D eigenvalue weighted by Gasteiger charge is 2.21. The summed E-state index contributed by atoms with van der Waals surface area (Å²) in [5.41, 5.74) is 6.87. The molecule has 15 heavy (non-hydrogen) atoms. The summed E-state index contributed by atoms with van der Waals surface area (Å²) in [6.07, 6.45) is 3.74. The standard InChI is InChI=1S/C11H19N3S/c1-2-5-14-6-3-9(4-7-14)10-8-15-11(12)13-10/h8-9H,2-7H2,1H3,(H2,12,13). The number of nitrogen functional groups attached to an aromatic ring is 1. The second-order valence-corrected chi connectivity index (χ2v) is 5.12. The van der Waals surface area contributed by atoms with Crippen molar-refractivity contribution >= 4 is 16.5 Å². The maximum absolute atomic E-state index is 5.66. The van der Waals surface area contributed by atoms with E-state index in [4.69, 9.17) is 5.73 Å². The Balaban J connectivity index is 1.88. The Morgan fingerprint density at radius 2 is 2.27 bits per heavy atom. The second kappa shape index (κ2) is 4.94. The van der Waals surface area contributed by atoms with Crippen molar-refractivity contribution in [2.45, 2.75) is 32.1 Å². The molecule has 0 radical (unpaired) electrons. The van der Waals surface area contributed by atoms with Crippen LogP contribution >= 0.6 is 11.3 Å². The molecule has 2 heterocycles. The Labute approximate surface area is 95.3 Å². The molecule has 1 aromatic rings. The SMILES string of the molecule is CCCN1CCC(c2csc(N)n2)CC1. The van der Waals surface area contributed by atoms with E-state index in [-0.39, 0.29) is 0 Å². The van der Waals surface area contributed by atoms with Gasteiger partial charge in [0, 0.05) is 11.3 Å². The van der Waals surface area contributed by atoms with Gasteiger partial charge in [-0.2, -0.15) is 0 Å². The number of nitrogens with zero attached hydrogens (tertiary/aromatic N) is 2. The minimum absolute atomic E-state index is 0.645. The van der Waals surface area contributed by atoms with Crippen molar-refractivity contribution in [3.05, 3.63) is 11.1 Å². The van der Waals surface area contributed by atoms with Crippen LogP contribution in [-0.4, -0.2) is 29.5 Å². The second-order valence-electron chi connectivity index (χ2n) is 4.23. The van der Waals surface area contributed by atoms with Crippen molar-refractivity contribution in [3.63, 3.8) is 0 Å². The van der Waals surface area contributed by atoms with E-state index in [0.717, 1.165) is 0 Å². The van der Waals surface area contributed by atoms with Crippen LogP contribution in [0.15, 0.2) is 5.38 Å². The van der Waals surface area contributed by atoms with Crippen molar-refractivity contribution < 1.29 is 0 Å². The van der Waals surface area contributed by atoms with Crippen LogP contribution in [0.2, 0.25) is 0 Å². The van der Waals surface area contributed by atoms with Gasteiger partial charge >= 0.3 is 0 Å². The first-order valence-electron chi connectivity index (χ1n) is 5.73. The first-order chi connectivity index (χ1) is 7.29. The zero-order valence-corrected chi connectivity index (χ0v) is 10.1. The molecule has 1 aromatic heterocycles. The van der Waals surface area contributed by atoms with Gasteiger partial charge < -0.3 is 10.6 Å². The lowest BCUT2D eigenvalue weighted by molar-refractivity contribution is 0.211. The molecule has 2 N–H and O–H groups in total. The van der Waals surface area contributed by atoms with E-state index in [9.17, 15) is 0 Å². The summed E-state index contributed by atoms with van der Waals surface area (Å²) in [6.45, 7) is 5.92. The van der Waals surface area contributed by atoms with Crippen LogP contribution in [-0.2, 0) is 0 Å². The number of thiazole rings is 1. The smallest absolute Gasteiger partial charge is 0.180 e. The highest BCUT2D eigenvalue weighted by molar-refractivity contribution is 7.13. The quantitative estimate of drug-likeness (QED) is 0.858.